The van der Waals surface area contributed by atoms with E-state index in [9.17, 15) is 15.0 Å². The summed E-state index contributed by atoms with van der Waals surface area (Å²) in [5.74, 6) is 6.25. The van der Waals surface area contributed by atoms with Gasteiger partial charge < -0.3 is 34.7 Å². The number of ether oxygens (including phenoxy) is 3. The number of hydrogen-bond donors (Lipinski definition) is 4. The number of aliphatic hydroxyl groups excluding tert-OH is 1. The van der Waals surface area contributed by atoms with Crippen LogP contribution < -0.4 is 15.7 Å². The third-order valence-electron chi connectivity index (χ3n) is 6.62. The first kappa shape index (κ1) is 29.4. The molecular weight excluding hydrogens is 510 g/mol. The molecule has 2 heterocycles. The number of hydrogen-bond acceptors (Lipinski definition) is 7. The molecule has 214 valence electrons. The number of fused-ring (bicyclic) bond motifs is 1. The molecule has 1 aromatic heterocycles. The van der Waals surface area contributed by atoms with Gasteiger partial charge in [-0.05, 0) is 61.3 Å². The van der Waals surface area contributed by atoms with E-state index in [1.807, 2.05) is 44.2 Å². The molecule has 1 atom stereocenters. The number of aromatic hydroxyl groups is 1. The summed E-state index contributed by atoms with van der Waals surface area (Å²) in [5.41, 5.74) is 2.85. The number of aromatic amines is 1. The van der Waals surface area contributed by atoms with Gasteiger partial charge in [0.1, 0.15) is 5.75 Å². The van der Waals surface area contributed by atoms with Gasteiger partial charge in [-0.3, -0.25) is 0 Å². The number of aliphatic hydroxyl groups is 1. The van der Waals surface area contributed by atoms with Crippen LogP contribution in [0, 0.1) is 11.8 Å². The molecule has 0 amide bonds. The number of unbranched alkanes of at least 4 members (excludes halogenated alkanes) is 3. The third-order valence-corrected chi connectivity index (χ3v) is 6.62. The maximum atomic E-state index is 11.7. The molecule has 0 fully saturated rings. The number of nitrogens with one attached hydrogen (secondary N) is 2. The lowest BCUT2D eigenvalue weighted by atomic mass is 10.0. The summed E-state index contributed by atoms with van der Waals surface area (Å²) in [6.07, 6.45) is 5.61. The second-order valence-corrected chi connectivity index (χ2v) is 10.3. The van der Waals surface area contributed by atoms with E-state index in [0.29, 0.717) is 31.9 Å². The molecule has 9 nitrogen and oxygen atoms in total. The zero-order valence-corrected chi connectivity index (χ0v) is 23.2. The first-order valence-corrected chi connectivity index (χ1v) is 13.8. The van der Waals surface area contributed by atoms with E-state index in [1.165, 1.54) is 10.8 Å². The first-order valence-electron chi connectivity index (χ1n) is 13.8. The molecule has 1 aliphatic heterocycles. The summed E-state index contributed by atoms with van der Waals surface area (Å²) in [5, 5.41) is 23.6. The molecule has 0 aliphatic carbocycles. The molecule has 9 heteroatoms. The van der Waals surface area contributed by atoms with Gasteiger partial charge in [0, 0.05) is 44.5 Å². The van der Waals surface area contributed by atoms with Crippen molar-refractivity contribution in [1.82, 2.24) is 14.9 Å². The molecule has 3 aromatic rings. The minimum absolute atomic E-state index is 0.133. The van der Waals surface area contributed by atoms with Crippen LogP contribution in [0.1, 0.15) is 68.7 Å². The highest BCUT2D eigenvalue weighted by Gasteiger charge is 2.27. The number of rotatable bonds is 13. The molecule has 0 saturated heterocycles. The second-order valence-electron chi connectivity index (χ2n) is 10.3. The van der Waals surface area contributed by atoms with Crippen molar-refractivity contribution in [3.05, 3.63) is 75.8 Å². The van der Waals surface area contributed by atoms with E-state index in [0.717, 1.165) is 61.3 Å². The molecule has 0 radical (unpaired) electrons. The van der Waals surface area contributed by atoms with Crippen LogP contribution in [0.3, 0.4) is 0 Å². The lowest BCUT2D eigenvalue weighted by Gasteiger charge is -2.33. The summed E-state index contributed by atoms with van der Waals surface area (Å²) in [6.45, 7) is 6.95. The predicted molar refractivity (Wildman–Crippen MR) is 153 cm³/mol. The number of aromatic nitrogens is 2. The Labute approximate surface area is 235 Å². The van der Waals surface area contributed by atoms with Gasteiger partial charge in [0.25, 0.3) is 0 Å². The van der Waals surface area contributed by atoms with Gasteiger partial charge in [0.15, 0.2) is 0 Å². The Kier molecular flexibility index (Phi) is 10.4. The fourth-order valence-corrected chi connectivity index (χ4v) is 4.42. The van der Waals surface area contributed by atoms with E-state index < -0.39 is 17.6 Å². The van der Waals surface area contributed by atoms with Crippen molar-refractivity contribution in [2.75, 3.05) is 26.3 Å². The van der Waals surface area contributed by atoms with Gasteiger partial charge in [-0.2, -0.15) is 0 Å². The zero-order valence-electron chi connectivity index (χ0n) is 23.2. The highest BCUT2D eigenvalue weighted by Crippen LogP contribution is 2.32. The topological polar surface area (TPSA) is 118 Å². The minimum atomic E-state index is -0.618. The Balaban J connectivity index is 1.01. The maximum Gasteiger partial charge on any atom is 0.333 e. The standard InChI is InChI=1S/C31H39N3O6/c1-31(2)39-22-25-19-24(12-15-28(25)40-31)27(35)20-32-16-6-3-4-7-17-38-18-8-5-9-23-10-13-26(14-11-23)34-29(36)21-33-30(34)37/h10-15,19,21,27,32,35-36H,3-4,6-8,16-18,20,22H2,1-2H3,(H,33,37)/t27-/m0/s1. The molecular formula is C31H39N3O6. The van der Waals surface area contributed by atoms with Crippen molar-refractivity contribution in [1.29, 1.82) is 0 Å². The predicted octanol–water partition coefficient (Wildman–Crippen LogP) is 4.16. The first-order chi connectivity index (χ1) is 19.3. The van der Waals surface area contributed by atoms with Gasteiger partial charge >= 0.3 is 5.69 Å². The van der Waals surface area contributed by atoms with Gasteiger partial charge in [0.2, 0.25) is 11.7 Å². The SMILES string of the molecule is CC1(C)OCc2cc([C@@H](O)CNCCCCCCOCCC#Cc3ccc(-n4c(O)c[nH]c4=O)cc3)ccc2O1. The van der Waals surface area contributed by atoms with Crippen LogP contribution in [0.5, 0.6) is 11.6 Å². The van der Waals surface area contributed by atoms with Crippen LogP contribution in [0.2, 0.25) is 0 Å². The molecule has 2 aromatic carbocycles. The molecule has 4 N–H and O–H groups in total. The van der Waals surface area contributed by atoms with Crippen molar-refractivity contribution >= 4 is 0 Å². The molecule has 40 heavy (non-hydrogen) atoms. The van der Waals surface area contributed by atoms with Crippen LogP contribution in [-0.2, 0) is 16.1 Å². The van der Waals surface area contributed by atoms with E-state index in [2.05, 4.69) is 22.1 Å². The summed E-state index contributed by atoms with van der Waals surface area (Å²) in [4.78, 5) is 14.2. The number of imidazole rings is 1. The monoisotopic (exact) mass is 549 g/mol. The van der Waals surface area contributed by atoms with Crippen molar-refractivity contribution in [2.45, 2.75) is 64.4 Å². The smallest absolute Gasteiger partial charge is 0.333 e. The Morgan fingerprint density at radius 3 is 2.70 bits per heavy atom. The van der Waals surface area contributed by atoms with Crippen molar-refractivity contribution in [3.8, 4) is 29.2 Å². The van der Waals surface area contributed by atoms with Crippen molar-refractivity contribution < 1.29 is 24.4 Å². The molecule has 4 rings (SSSR count). The van der Waals surface area contributed by atoms with E-state index in [4.69, 9.17) is 14.2 Å². The third kappa shape index (κ3) is 8.47. The number of benzene rings is 2. The average molecular weight is 550 g/mol. The minimum Gasteiger partial charge on any atom is -0.493 e. The highest BCUT2D eigenvalue weighted by molar-refractivity contribution is 5.43. The quantitative estimate of drug-likeness (QED) is 0.187. The Morgan fingerprint density at radius 2 is 1.93 bits per heavy atom. The summed E-state index contributed by atoms with van der Waals surface area (Å²) in [7, 11) is 0. The van der Waals surface area contributed by atoms with Crippen LogP contribution in [-0.4, -0.2) is 51.9 Å². The van der Waals surface area contributed by atoms with Gasteiger partial charge in [0.05, 0.1) is 31.2 Å². The Hall–Kier alpha value is -3.55. The van der Waals surface area contributed by atoms with Crippen LogP contribution in [0.15, 0.2) is 53.5 Å². The number of nitrogens with zero attached hydrogens (tertiary/aromatic N) is 1. The van der Waals surface area contributed by atoms with Crippen molar-refractivity contribution in [2.24, 2.45) is 0 Å². The van der Waals surface area contributed by atoms with Crippen molar-refractivity contribution in [3.63, 3.8) is 0 Å². The van der Waals surface area contributed by atoms with Crippen LogP contribution in [0.4, 0.5) is 0 Å². The second kappa shape index (κ2) is 14.2. The van der Waals surface area contributed by atoms with Gasteiger partial charge in [-0.25, -0.2) is 9.36 Å². The lowest BCUT2D eigenvalue weighted by molar-refractivity contribution is -0.180. The number of H-pyrrole nitrogens is 1. The molecule has 0 saturated carbocycles. The normalized spacial score (nSPS) is 14.6. The van der Waals surface area contributed by atoms with Crippen LogP contribution in [0.25, 0.3) is 5.69 Å². The van der Waals surface area contributed by atoms with E-state index in [1.54, 1.807) is 12.1 Å². The van der Waals surface area contributed by atoms with Gasteiger partial charge in [-0.15, -0.1) is 0 Å². The largest absolute Gasteiger partial charge is 0.493 e. The highest BCUT2D eigenvalue weighted by atomic mass is 16.7. The molecule has 0 unspecified atom stereocenters. The fraction of sp³-hybridized carbons (Fsp3) is 0.452. The molecule has 0 bridgehead atoms. The van der Waals surface area contributed by atoms with Gasteiger partial charge in [-0.1, -0.05) is 30.7 Å². The van der Waals surface area contributed by atoms with Crippen LogP contribution >= 0.6 is 0 Å². The summed E-state index contributed by atoms with van der Waals surface area (Å²) < 4.78 is 18.4. The lowest BCUT2D eigenvalue weighted by Crippen LogP contribution is -2.35. The Morgan fingerprint density at radius 1 is 1.12 bits per heavy atom. The zero-order chi connectivity index (χ0) is 28.4. The fourth-order valence-electron chi connectivity index (χ4n) is 4.42. The summed E-state index contributed by atoms with van der Waals surface area (Å²) >= 11 is 0. The van der Waals surface area contributed by atoms with E-state index in [-0.39, 0.29) is 5.88 Å². The molecule has 0 spiro atoms. The van der Waals surface area contributed by atoms with E-state index >= 15 is 0 Å². The summed E-state index contributed by atoms with van der Waals surface area (Å²) in [6, 6.07) is 12.9. The maximum absolute atomic E-state index is 11.7. The molecule has 1 aliphatic rings. The Bertz CT molecular complexity index is 1350. The average Bonchev–Trinajstić information content (AvgIpc) is 3.28.